The van der Waals surface area contributed by atoms with Crippen LogP contribution >= 0.6 is 0 Å². The Morgan fingerprint density at radius 1 is 1.29 bits per heavy atom. The molecule has 1 aromatic rings. The normalized spacial score (nSPS) is 27.0. The second-order valence-electron chi connectivity index (χ2n) is 6.46. The summed E-state index contributed by atoms with van der Waals surface area (Å²) in [4.78, 5) is 2.73. The topological polar surface area (TPSA) is 39.1 Å². The average molecular weight is 283 g/mol. The van der Waals surface area contributed by atoms with Crippen LogP contribution in [0.1, 0.15) is 49.3 Å². The Morgan fingerprint density at radius 2 is 2.14 bits per heavy atom. The van der Waals surface area contributed by atoms with Gasteiger partial charge in [-0.05, 0) is 69.4 Å². The lowest BCUT2D eigenvalue weighted by Crippen LogP contribution is -2.37. The molecule has 2 unspecified atom stereocenters. The predicted octanol–water partition coefficient (Wildman–Crippen LogP) is 3.08. The Labute approximate surface area is 128 Å². The molecule has 0 radical (unpaired) electrons. The van der Waals surface area contributed by atoms with Crippen LogP contribution in [0.15, 0.2) is 24.3 Å². The van der Waals surface area contributed by atoms with Crippen molar-refractivity contribution in [1.29, 1.82) is 5.26 Å². The quantitative estimate of drug-likeness (QED) is 0.923. The summed E-state index contributed by atoms with van der Waals surface area (Å²) < 4.78 is 0. The average Bonchev–Trinajstić information content (AvgIpc) is 3.34. The molecule has 0 aromatic heterocycles. The lowest BCUT2D eigenvalue weighted by molar-refractivity contribution is 0.145. The fourth-order valence-electron chi connectivity index (χ4n) is 3.82. The van der Waals surface area contributed by atoms with Gasteiger partial charge in [0.25, 0.3) is 0 Å². The smallest absolute Gasteiger partial charge is 0.0991 e. The molecule has 0 amide bonds. The van der Waals surface area contributed by atoms with Crippen molar-refractivity contribution in [2.24, 2.45) is 5.92 Å². The number of nitrogens with one attached hydrogen (secondary N) is 1. The van der Waals surface area contributed by atoms with Crippen LogP contribution in [-0.2, 0) is 0 Å². The zero-order valence-electron chi connectivity index (χ0n) is 12.9. The van der Waals surface area contributed by atoms with Crippen molar-refractivity contribution < 1.29 is 0 Å². The van der Waals surface area contributed by atoms with E-state index in [0.717, 1.165) is 18.2 Å². The first-order valence-corrected chi connectivity index (χ1v) is 8.24. The summed E-state index contributed by atoms with van der Waals surface area (Å²) in [5.74, 6) is 0.645. The second-order valence-corrected chi connectivity index (χ2v) is 6.46. The SMILES string of the molecule is CNCC1CCCCN(C2CC2)C1c1cccc(C#N)c1. The highest BCUT2D eigenvalue weighted by molar-refractivity contribution is 5.35. The van der Waals surface area contributed by atoms with E-state index in [1.165, 1.54) is 44.2 Å². The highest BCUT2D eigenvalue weighted by Crippen LogP contribution is 2.41. The third-order valence-electron chi connectivity index (χ3n) is 4.88. The van der Waals surface area contributed by atoms with E-state index in [1.807, 2.05) is 12.1 Å². The standard InChI is InChI=1S/C18H25N3/c1-20-13-16-6-2-3-10-21(17-8-9-17)18(16)15-7-4-5-14(11-15)12-19/h4-5,7,11,16-18,20H,2-3,6,8-10,13H2,1H3. The van der Waals surface area contributed by atoms with E-state index in [2.05, 4.69) is 35.5 Å². The van der Waals surface area contributed by atoms with Crippen LogP contribution in [0.25, 0.3) is 0 Å². The largest absolute Gasteiger partial charge is 0.319 e. The first-order chi connectivity index (χ1) is 10.3. The van der Waals surface area contributed by atoms with E-state index in [4.69, 9.17) is 0 Å². The minimum absolute atomic E-state index is 0.473. The molecule has 21 heavy (non-hydrogen) atoms. The summed E-state index contributed by atoms with van der Waals surface area (Å²) in [6.45, 7) is 2.27. The van der Waals surface area contributed by atoms with Crippen molar-refractivity contribution in [3.8, 4) is 6.07 Å². The highest BCUT2D eigenvalue weighted by atomic mass is 15.2. The van der Waals surface area contributed by atoms with Gasteiger partial charge in [-0.2, -0.15) is 5.26 Å². The Balaban J connectivity index is 1.94. The molecule has 1 aliphatic heterocycles. The number of rotatable bonds is 4. The monoisotopic (exact) mass is 283 g/mol. The summed E-state index contributed by atoms with van der Waals surface area (Å²) in [5, 5.41) is 12.6. The minimum atomic E-state index is 0.473. The molecule has 1 saturated carbocycles. The van der Waals surface area contributed by atoms with Crippen molar-refractivity contribution in [3.63, 3.8) is 0 Å². The van der Waals surface area contributed by atoms with E-state index in [-0.39, 0.29) is 0 Å². The van der Waals surface area contributed by atoms with Crippen LogP contribution in [0, 0.1) is 17.2 Å². The maximum atomic E-state index is 9.20. The van der Waals surface area contributed by atoms with Crippen molar-refractivity contribution in [2.75, 3.05) is 20.1 Å². The molecule has 2 aliphatic rings. The van der Waals surface area contributed by atoms with Gasteiger partial charge in [-0.3, -0.25) is 4.90 Å². The summed E-state index contributed by atoms with van der Waals surface area (Å²) >= 11 is 0. The number of nitriles is 1. The highest BCUT2D eigenvalue weighted by Gasteiger charge is 2.39. The first-order valence-electron chi connectivity index (χ1n) is 8.24. The molecule has 3 rings (SSSR count). The molecule has 1 aliphatic carbocycles. The Morgan fingerprint density at radius 3 is 2.86 bits per heavy atom. The third-order valence-corrected chi connectivity index (χ3v) is 4.88. The first kappa shape index (κ1) is 14.6. The molecule has 1 aromatic carbocycles. The van der Waals surface area contributed by atoms with Gasteiger partial charge < -0.3 is 5.32 Å². The molecule has 0 spiro atoms. The summed E-state index contributed by atoms with van der Waals surface area (Å²) in [6.07, 6.45) is 6.61. The molecule has 112 valence electrons. The van der Waals surface area contributed by atoms with E-state index in [0.29, 0.717) is 12.0 Å². The van der Waals surface area contributed by atoms with E-state index in [9.17, 15) is 5.26 Å². The minimum Gasteiger partial charge on any atom is -0.319 e. The fourth-order valence-corrected chi connectivity index (χ4v) is 3.82. The van der Waals surface area contributed by atoms with Crippen LogP contribution in [-0.4, -0.2) is 31.1 Å². The van der Waals surface area contributed by atoms with Crippen LogP contribution in [0.5, 0.6) is 0 Å². The van der Waals surface area contributed by atoms with Gasteiger partial charge in [0.1, 0.15) is 0 Å². The number of benzene rings is 1. The van der Waals surface area contributed by atoms with Gasteiger partial charge in [-0.1, -0.05) is 18.6 Å². The van der Waals surface area contributed by atoms with Crippen LogP contribution in [0.3, 0.4) is 0 Å². The Bertz CT molecular complexity index is 515. The fraction of sp³-hybridized carbons (Fsp3) is 0.611. The lowest BCUT2D eigenvalue weighted by Gasteiger charge is -2.36. The predicted molar refractivity (Wildman–Crippen MR) is 84.9 cm³/mol. The van der Waals surface area contributed by atoms with Gasteiger partial charge in [-0.25, -0.2) is 0 Å². The maximum absolute atomic E-state index is 9.20. The Kier molecular flexibility index (Phi) is 4.57. The Hall–Kier alpha value is -1.37. The zero-order chi connectivity index (χ0) is 14.7. The van der Waals surface area contributed by atoms with E-state index >= 15 is 0 Å². The molecule has 1 heterocycles. The zero-order valence-corrected chi connectivity index (χ0v) is 12.9. The van der Waals surface area contributed by atoms with Crippen molar-refractivity contribution in [2.45, 2.75) is 44.2 Å². The number of likely N-dealkylation sites (tertiary alicyclic amines) is 1. The molecule has 2 fully saturated rings. The number of hydrogen-bond acceptors (Lipinski definition) is 3. The number of nitrogens with zero attached hydrogens (tertiary/aromatic N) is 2. The van der Waals surface area contributed by atoms with Crippen LogP contribution < -0.4 is 5.32 Å². The molecule has 3 nitrogen and oxygen atoms in total. The van der Waals surface area contributed by atoms with Gasteiger partial charge in [0.05, 0.1) is 11.6 Å². The van der Waals surface area contributed by atoms with Gasteiger partial charge in [0, 0.05) is 12.1 Å². The third kappa shape index (κ3) is 3.28. The maximum Gasteiger partial charge on any atom is 0.0991 e. The van der Waals surface area contributed by atoms with E-state index in [1.54, 1.807) is 0 Å². The van der Waals surface area contributed by atoms with Gasteiger partial charge in [0.15, 0.2) is 0 Å². The van der Waals surface area contributed by atoms with Crippen molar-refractivity contribution in [3.05, 3.63) is 35.4 Å². The van der Waals surface area contributed by atoms with Gasteiger partial charge in [-0.15, -0.1) is 0 Å². The number of hydrogen-bond donors (Lipinski definition) is 1. The molecular weight excluding hydrogens is 258 g/mol. The van der Waals surface area contributed by atoms with Gasteiger partial charge in [0.2, 0.25) is 0 Å². The summed E-state index contributed by atoms with van der Waals surface area (Å²) in [7, 11) is 2.05. The summed E-state index contributed by atoms with van der Waals surface area (Å²) in [6, 6.07) is 11.8. The van der Waals surface area contributed by atoms with Crippen LogP contribution in [0.2, 0.25) is 0 Å². The van der Waals surface area contributed by atoms with Crippen molar-refractivity contribution >= 4 is 0 Å². The lowest BCUT2D eigenvalue weighted by atomic mass is 9.88. The second kappa shape index (κ2) is 6.60. The molecular formula is C18H25N3. The van der Waals surface area contributed by atoms with Crippen molar-refractivity contribution in [1.82, 2.24) is 10.2 Å². The molecule has 1 saturated heterocycles. The molecule has 3 heteroatoms. The summed E-state index contributed by atoms with van der Waals surface area (Å²) in [5.41, 5.74) is 2.12. The molecule has 2 atom stereocenters. The molecule has 1 N–H and O–H groups in total. The van der Waals surface area contributed by atoms with Gasteiger partial charge >= 0.3 is 0 Å². The van der Waals surface area contributed by atoms with Crippen LogP contribution in [0.4, 0.5) is 0 Å². The molecule has 0 bridgehead atoms. The van der Waals surface area contributed by atoms with E-state index < -0.39 is 0 Å².